The van der Waals surface area contributed by atoms with Gasteiger partial charge in [0.25, 0.3) is 0 Å². The van der Waals surface area contributed by atoms with E-state index in [0.717, 1.165) is 0 Å². The van der Waals surface area contributed by atoms with Crippen LogP contribution >= 0.6 is 7.60 Å². The molecule has 0 unspecified atom stereocenters. The molecule has 1 heterocycles. The summed E-state index contributed by atoms with van der Waals surface area (Å²) < 4.78 is 10.5. The first-order valence-electron chi connectivity index (χ1n) is 4.96. The molecule has 1 aromatic heterocycles. The zero-order chi connectivity index (χ0) is 12.7. The predicted molar refractivity (Wildman–Crippen MR) is 64.0 cm³/mol. The number of allylic oxidation sites excluding steroid dienone is 1. The molecule has 1 aromatic rings. The standard InChI is InChI=1S/C9H14N3O4P/c13-9-11-6-4-8(12-9)10-5-2-1-3-7-17(14,15)16/h1-2,4,6H,3,5,7H2,(H2,14,15,16)(H2,10,11,12,13). The number of aromatic nitrogens is 2. The van der Waals surface area contributed by atoms with Crippen molar-refractivity contribution in [2.75, 3.05) is 18.0 Å². The molecular formula is C9H14N3O4P. The van der Waals surface area contributed by atoms with Crippen LogP contribution in [-0.2, 0) is 4.57 Å². The third kappa shape index (κ3) is 6.68. The molecule has 4 N–H and O–H groups in total. The first kappa shape index (κ1) is 13.6. The third-order valence-electron chi connectivity index (χ3n) is 1.84. The van der Waals surface area contributed by atoms with E-state index in [2.05, 4.69) is 15.3 Å². The van der Waals surface area contributed by atoms with Crippen LogP contribution in [-0.4, -0.2) is 32.5 Å². The van der Waals surface area contributed by atoms with E-state index >= 15 is 0 Å². The molecule has 0 saturated carbocycles. The van der Waals surface area contributed by atoms with Crippen LogP contribution in [0.2, 0.25) is 0 Å². The van der Waals surface area contributed by atoms with Crippen molar-refractivity contribution in [2.45, 2.75) is 6.42 Å². The van der Waals surface area contributed by atoms with Gasteiger partial charge in [-0.3, -0.25) is 9.55 Å². The maximum absolute atomic E-state index is 10.8. The Balaban J connectivity index is 2.26. The highest BCUT2D eigenvalue weighted by Gasteiger charge is 2.09. The first-order valence-corrected chi connectivity index (χ1v) is 6.76. The number of hydrogen-bond acceptors (Lipinski definition) is 4. The van der Waals surface area contributed by atoms with Gasteiger partial charge in [0.05, 0.1) is 6.16 Å². The number of H-pyrrole nitrogens is 1. The quantitative estimate of drug-likeness (QED) is 0.431. The van der Waals surface area contributed by atoms with Crippen LogP contribution in [0.15, 0.2) is 29.2 Å². The van der Waals surface area contributed by atoms with E-state index in [9.17, 15) is 9.36 Å². The summed E-state index contributed by atoms with van der Waals surface area (Å²) in [5.41, 5.74) is -0.430. The van der Waals surface area contributed by atoms with Gasteiger partial charge in [0.15, 0.2) is 0 Å². The molecule has 0 aliphatic rings. The van der Waals surface area contributed by atoms with Crippen LogP contribution in [0.5, 0.6) is 0 Å². The van der Waals surface area contributed by atoms with Gasteiger partial charge in [-0.25, -0.2) is 9.78 Å². The van der Waals surface area contributed by atoms with Gasteiger partial charge in [-0.05, 0) is 12.5 Å². The molecular weight excluding hydrogens is 245 g/mol. The van der Waals surface area contributed by atoms with Crippen molar-refractivity contribution in [2.24, 2.45) is 0 Å². The molecule has 0 aliphatic carbocycles. The molecule has 0 fully saturated rings. The molecule has 0 bridgehead atoms. The van der Waals surface area contributed by atoms with Gasteiger partial charge in [0.2, 0.25) is 0 Å². The first-order chi connectivity index (χ1) is 7.97. The Kier molecular flexibility index (Phi) is 5.09. The second-order valence-electron chi connectivity index (χ2n) is 3.32. The molecule has 0 saturated heterocycles. The second kappa shape index (κ2) is 6.34. The summed E-state index contributed by atoms with van der Waals surface area (Å²) in [6, 6.07) is 1.62. The summed E-state index contributed by atoms with van der Waals surface area (Å²) in [6.07, 6.45) is 4.95. The molecule has 7 nitrogen and oxygen atoms in total. The zero-order valence-electron chi connectivity index (χ0n) is 9.04. The smallest absolute Gasteiger partial charge is 0.346 e. The maximum Gasteiger partial charge on any atom is 0.346 e. The van der Waals surface area contributed by atoms with Gasteiger partial charge in [-0.2, -0.15) is 0 Å². The van der Waals surface area contributed by atoms with E-state index < -0.39 is 13.3 Å². The lowest BCUT2D eigenvalue weighted by Gasteiger charge is -2.01. The summed E-state index contributed by atoms with van der Waals surface area (Å²) in [5, 5.41) is 2.91. The van der Waals surface area contributed by atoms with Crippen LogP contribution in [0.3, 0.4) is 0 Å². The Labute approximate surface area is 97.8 Å². The topological polar surface area (TPSA) is 115 Å². The Bertz CT molecular complexity index is 479. The van der Waals surface area contributed by atoms with Crippen molar-refractivity contribution in [3.8, 4) is 0 Å². The van der Waals surface area contributed by atoms with Crippen molar-refractivity contribution in [3.63, 3.8) is 0 Å². The van der Waals surface area contributed by atoms with E-state index in [-0.39, 0.29) is 6.16 Å². The predicted octanol–water partition coefficient (Wildman–Crippen LogP) is 0.306. The van der Waals surface area contributed by atoms with Crippen LogP contribution < -0.4 is 11.0 Å². The second-order valence-corrected chi connectivity index (χ2v) is 5.09. The largest absolute Gasteiger partial charge is 0.368 e. The highest BCUT2D eigenvalue weighted by atomic mass is 31.2. The number of nitrogens with zero attached hydrogens (tertiary/aromatic N) is 1. The van der Waals surface area contributed by atoms with Gasteiger partial charge in [0, 0.05) is 12.7 Å². The summed E-state index contributed by atoms with van der Waals surface area (Å²) in [4.78, 5) is 34.0. The van der Waals surface area contributed by atoms with Crippen molar-refractivity contribution >= 4 is 13.4 Å². The van der Waals surface area contributed by atoms with E-state index in [1.165, 1.54) is 6.20 Å². The van der Waals surface area contributed by atoms with E-state index in [1.54, 1.807) is 18.2 Å². The maximum atomic E-state index is 10.8. The van der Waals surface area contributed by atoms with Gasteiger partial charge in [-0.15, -0.1) is 0 Å². The number of nitrogens with one attached hydrogen (secondary N) is 2. The molecule has 0 atom stereocenters. The van der Waals surface area contributed by atoms with Gasteiger partial charge in [0.1, 0.15) is 5.82 Å². The molecule has 0 aromatic carbocycles. The Morgan fingerprint density at radius 2 is 2.24 bits per heavy atom. The minimum absolute atomic E-state index is 0.157. The lowest BCUT2D eigenvalue weighted by Crippen LogP contribution is -2.12. The zero-order valence-corrected chi connectivity index (χ0v) is 9.93. The van der Waals surface area contributed by atoms with E-state index in [4.69, 9.17) is 9.79 Å². The summed E-state index contributed by atoms with van der Waals surface area (Å²) >= 11 is 0. The SMILES string of the molecule is O=c1nccc(NCC=CCCP(=O)(O)O)[nH]1. The molecule has 0 spiro atoms. The highest BCUT2D eigenvalue weighted by molar-refractivity contribution is 7.51. The normalized spacial score (nSPS) is 11.9. The van der Waals surface area contributed by atoms with Crippen molar-refractivity contribution in [1.82, 2.24) is 9.97 Å². The Hall–Kier alpha value is -1.43. The molecule has 8 heteroatoms. The Morgan fingerprint density at radius 1 is 1.47 bits per heavy atom. The van der Waals surface area contributed by atoms with Crippen LogP contribution in [0.4, 0.5) is 5.82 Å². The highest BCUT2D eigenvalue weighted by Crippen LogP contribution is 2.34. The third-order valence-corrected chi connectivity index (χ3v) is 2.68. The monoisotopic (exact) mass is 259 g/mol. The van der Waals surface area contributed by atoms with Crippen LogP contribution in [0, 0.1) is 0 Å². The lowest BCUT2D eigenvalue weighted by molar-refractivity contribution is 0.373. The van der Waals surface area contributed by atoms with Crippen LogP contribution in [0.25, 0.3) is 0 Å². The van der Waals surface area contributed by atoms with Crippen molar-refractivity contribution in [3.05, 3.63) is 34.9 Å². The van der Waals surface area contributed by atoms with Crippen molar-refractivity contribution in [1.29, 1.82) is 0 Å². The minimum atomic E-state index is -3.91. The number of aromatic amines is 1. The summed E-state index contributed by atoms with van der Waals surface area (Å²) in [7, 11) is -3.91. The Morgan fingerprint density at radius 3 is 2.88 bits per heavy atom. The lowest BCUT2D eigenvalue weighted by atomic mass is 10.4. The number of hydrogen-bond donors (Lipinski definition) is 4. The molecule has 0 amide bonds. The van der Waals surface area contributed by atoms with E-state index in [0.29, 0.717) is 18.8 Å². The fourth-order valence-electron chi connectivity index (χ4n) is 1.08. The molecule has 1 rings (SSSR count). The fraction of sp³-hybridized carbons (Fsp3) is 0.333. The van der Waals surface area contributed by atoms with Gasteiger partial charge in [-0.1, -0.05) is 12.2 Å². The molecule has 94 valence electrons. The van der Waals surface area contributed by atoms with E-state index in [1.807, 2.05) is 0 Å². The average molecular weight is 259 g/mol. The fourth-order valence-corrected chi connectivity index (χ4v) is 1.57. The minimum Gasteiger partial charge on any atom is -0.368 e. The number of rotatable bonds is 6. The summed E-state index contributed by atoms with van der Waals surface area (Å²) in [5.74, 6) is 0.546. The number of anilines is 1. The molecule has 0 aliphatic heterocycles. The van der Waals surface area contributed by atoms with Gasteiger partial charge >= 0.3 is 13.3 Å². The van der Waals surface area contributed by atoms with Gasteiger partial charge < -0.3 is 15.1 Å². The van der Waals surface area contributed by atoms with Crippen LogP contribution in [0.1, 0.15) is 6.42 Å². The van der Waals surface area contributed by atoms with Crippen molar-refractivity contribution < 1.29 is 14.4 Å². The molecule has 0 radical (unpaired) electrons. The average Bonchev–Trinajstić information content (AvgIpc) is 2.22. The molecule has 17 heavy (non-hydrogen) atoms. The summed E-state index contributed by atoms with van der Waals surface area (Å²) in [6.45, 7) is 0.459.